The molecule has 2 aromatic carbocycles. The van der Waals surface area contributed by atoms with Crippen molar-refractivity contribution in [3.8, 4) is 28.3 Å². The molecule has 160 valence electrons. The molecule has 2 aliphatic carbocycles. The van der Waals surface area contributed by atoms with Crippen molar-refractivity contribution < 1.29 is 9.53 Å². The first kappa shape index (κ1) is 19.7. The number of aromatic amines is 1. The molecule has 5 rings (SSSR count). The molecule has 2 atom stereocenters. The van der Waals surface area contributed by atoms with Crippen LogP contribution in [0.2, 0.25) is 0 Å². The predicted octanol–water partition coefficient (Wildman–Crippen LogP) is 4.70. The molecule has 2 N–H and O–H groups in total. The van der Waals surface area contributed by atoms with Gasteiger partial charge in [-0.05, 0) is 58.9 Å². The second-order valence-electron chi connectivity index (χ2n) is 8.62. The summed E-state index contributed by atoms with van der Waals surface area (Å²) in [6.07, 6.45) is 7.57. The van der Waals surface area contributed by atoms with Crippen LogP contribution in [0, 0.1) is 17.8 Å². The van der Waals surface area contributed by atoms with Crippen LogP contribution in [-0.4, -0.2) is 33.6 Å². The van der Waals surface area contributed by atoms with E-state index in [1.165, 1.54) is 32.1 Å². The van der Waals surface area contributed by atoms with Crippen molar-refractivity contribution in [3.63, 3.8) is 0 Å². The first-order valence-corrected chi connectivity index (χ1v) is 11.1. The lowest BCUT2D eigenvalue weighted by Gasteiger charge is -2.21. The first-order valence-electron chi connectivity index (χ1n) is 11.1. The van der Waals surface area contributed by atoms with Crippen LogP contribution in [0.25, 0.3) is 22.5 Å². The van der Waals surface area contributed by atoms with E-state index in [-0.39, 0.29) is 11.8 Å². The van der Waals surface area contributed by atoms with Gasteiger partial charge in [0.05, 0.1) is 7.11 Å². The molecule has 7 nitrogen and oxygen atoms in total. The number of ether oxygens (including phenoxy) is 1. The number of H-pyrrole nitrogens is 1. The molecule has 0 bridgehead atoms. The Labute approximate surface area is 181 Å². The third-order valence-electron chi connectivity index (χ3n) is 6.71. The van der Waals surface area contributed by atoms with Crippen molar-refractivity contribution in [2.24, 2.45) is 17.8 Å². The molecule has 2 saturated carbocycles. The number of benzene rings is 2. The summed E-state index contributed by atoms with van der Waals surface area (Å²) in [6, 6.07) is 13.7. The number of methoxy groups -OCH3 is 1. The van der Waals surface area contributed by atoms with Crippen molar-refractivity contribution in [3.05, 3.63) is 42.5 Å². The Morgan fingerprint density at radius 2 is 1.87 bits per heavy atom. The molecule has 2 aliphatic rings. The number of rotatable bonds is 6. The Hall–Kier alpha value is -3.22. The molecule has 0 saturated heterocycles. The number of nitrogens with one attached hydrogen (secondary N) is 2. The molecule has 31 heavy (non-hydrogen) atoms. The van der Waals surface area contributed by atoms with Crippen molar-refractivity contribution in [1.82, 2.24) is 20.6 Å². The molecule has 7 heteroatoms. The fraction of sp³-hybridized carbons (Fsp3) is 0.417. The van der Waals surface area contributed by atoms with E-state index in [4.69, 9.17) is 4.74 Å². The number of nitrogens with zero attached hydrogens (tertiary/aromatic N) is 3. The van der Waals surface area contributed by atoms with Gasteiger partial charge in [0.1, 0.15) is 5.75 Å². The summed E-state index contributed by atoms with van der Waals surface area (Å²) in [7, 11) is 1.65. The lowest BCUT2D eigenvalue weighted by Crippen LogP contribution is -2.18. The van der Waals surface area contributed by atoms with E-state index < -0.39 is 0 Å². The zero-order valence-electron chi connectivity index (χ0n) is 17.7. The van der Waals surface area contributed by atoms with Crippen LogP contribution in [0.5, 0.6) is 5.75 Å². The fourth-order valence-electron chi connectivity index (χ4n) is 4.94. The van der Waals surface area contributed by atoms with Crippen molar-refractivity contribution in [2.45, 2.75) is 38.5 Å². The van der Waals surface area contributed by atoms with Crippen LogP contribution in [-0.2, 0) is 4.79 Å². The number of amides is 1. The van der Waals surface area contributed by atoms with Gasteiger partial charge in [0, 0.05) is 17.2 Å². The summed E-state index contributed by atoms with van der Waals surface area (Å²) >= 11 is 0. The van der Waals surface area contributed by atoms with Crippen LogP contribution in [0.4, 0.5) is 5.69 Å². The standard InChI is InChI=1S/C24H27N5O2/c1-31-18-10-7-16(8-11-18)19-12-9-17(13-21(19)23-26-28-29-27-23)25-24(30)22-14-20(22)15-5-3-2-4-6-15/h7-13,15,20,22H,2-6,14H2,1H3,(H,25,30)(H,26,27,28,29). The Morgan fingerprint density at radius 3 is 2.58 bits per heavy atom. The van der Waals surface area contributed by atoms with Crippen LogP contribution < -0.4 is 10.1 Å². The molecular weight excluding hydrogens is 390 g/mol. The van der Waals surface area contributed by atoms with Gasteiger partial charge < -0.3 is 10.1 Å². The summed E-state index contributed by atoms with van der Waals surface area (Å²) in [6.45, 7) is 0. The Balaban J connectivity index is 1.36. The number of tetrazole rings is 1. The second kappa shape index (κ2) is 8.49. The fourth-order valence-corrected chi connectivity index (χ4v) is 4.94. The average Bonchev–Trinajstić information content (AvgIpc) is 3.45. The zero-order valence-corrected chi connectivity index (χ0v) is 17.7. The molecule has 2 unspecified atom stereocenters. The number of hydrogen-bond donors (Lipinski definition) is 2. The summed E-state index contributed by atoms with van der Waals surface area (Å²) in [5, 5.41) is 17.7. The molecular formula is C24H27N5O2. The van der Waals surface area contributed by atoms with Crippen LogP contribution in [0.3, 0.4) is 0 Å². The normalized spacial score (nSPS) is 20.9. The largest absolute Gasteiger partial charge is 0.497 e. The lowest BCUT2D eigenvalue weighted by atomic mass is 9.85. The van der Waals surface area contributed by atoms with Gasteiger partial charge in [-0.3, -0.25) is 4.79 Å². The third-order valence-corrected chi connectivity index (χ3v) is 6.71. The quantitative estimate of drug-likeness (QED) is 0.607. The number of aromatic nitrogens is 4. The van der Waals surface area contributed by atoms with E-state index in [1.807, 2.05) is 42.5 Å². The van der Waals surface area contributed by atoms with E-state index in [0.717, 1.165) is 40.5 Å². The number of carbonyl (C=O) groups excluding carboxylic acids is 1. The lowest BCUT2D eigenvalue weighted by molar-refractivity contribution is -0.117. The van der Waals surface area contributed by atoms with Gasteiger partial charge in [-0.1, -0.05) is 50.3 Å². The van der Waals surface area contributed by atoms with Crippen molar-refractivity contribution >= 4 is 11.6 Å². The number of carbonyl (C=O) groups is 1. The maximum atomic E-state index is 12.9. The minimum Gasteiger partial charge on any atom is -0.497 e. The topological polar surface area (TPSA) is 92.8 Å². The summed E-state index contributed by atoms with van der Waals surface area (Å²) in [5.74, 6) is 2.87. The van der Waals surface area contributed by atoms with Gasteiger partial charge in [-0.2, -0.15) is 5.21 Å². The highest BCUT2D eigenvalue weighted by Gasteiger charge is 2.47. The van der Waals surface area contributed by atoms with Crippen molar-refractivity contribution in [1.29, 1.82) is 0 Å². The molecule has 3 aromatic rings. The van der Waals surface area contributed by atoms with Crippen LogP contribution >= 0.6 is 0 Å². The monoisotopic (exact) mass is 417 g/mol. The molecule has 0 aliphatic heterocycles. The van der Waals surface area contributed by atoms with E-state index in [2.05, 4.69) is 25.9 Å². The maximum Gasteiger partial charge on any atom is 0.227 e. The summed E-state index contributed by atoms with van der Waals surface area (Å²) in [5.41, 5.74) is 3.55. The van der Waals surface area contributed by atoms with Gasteiger partial charge in [0.15, 0.2) is 0 Å². The Kier molecular flexibility index (Phi) is 5.40. The summed E-state index contributed by atoms with van der Waals surface area (Å²) < 4.78 is 5.26. The van der Waals surface area contributed by atoms with E-state index >= 15 is 0 Å². The highest BCUT2D eigenvalue weighted by Crippen LogP contribution is 2.49. The molecule has 2 fully saturated rings. The third kappa shape index (κ3) is 4.17. The zero-order chi connectivity index (χ0) is 21.2. The Bertz CT molecular complexity index is 1040. The van der Waals surface area contributed by atoms with Gasteiger partial charge in [0.25, 0.3) is 0 Å². The molecule has 1 amide bonds. The van der Waals surface area contributed by atoms with Crippen LogP contribution in [0.15, 0.2) is 42.5 Å². The molecule has 1 aromatic heterocycles. The van der Waals surface area contributed by atoms with E-state index in [9.17, 15) is 4.79 Å². The van der Waals surface area contributed by atoms with Gasteiger partial charge >= 0.3 is 0 Å². The van der Waals surface area contributed by atoms with Gasteiger partial charge in [0.2, 0.25) is 11.7 Å². The number of hydrogen-bond acceptors (Lipinski definition) is 5. The Morgan fingerprint density at radius 1 is 1.06 bits per heavy atom. The molecule has 0 spiro atoms. The van der Waals surface area contributed by atoms with E-state index in [1.54, 1.807) is 7.11 Å². The smallest absolute Gasteiger partial charge is 0.227 e. The van der Waals surface area contributed by atoms with Gasteiger partial charge in [-0.15, -0.1) is 10.2 Å². The highest BCUT2D eigenvalue weighted by molar-refractivity contribution is 5.96. The first-order chi connectivity index (χ1) is 15.2. The molecule has 0 radical (unpaired) electrons. The van der Waals surface area contributed by atoms with E-state index in [0.29, 0.717) is 11.7 Å². The van der Waals surface area contributed by atoms with Crippen molar-refractivity contribution in [2.75, 3.05) is 12.4 Å². The minimum absolute atomic E-state index is 0.131. The SMILES string of the molecule is COc1ccc(-c2ccc(NC(=O)C3CC3C3CCCCC3)cc2-c2nn[nH]n2)cc1. The average molecular weight is 418 g/mol. The highest BCUT2D eigenvalue weighted by atomic mass is 16.5. The predicted molar refractivity (Wildman–Crippen MR) is 118 cm³/mol. The summed E-state index contributed by atoms with van der Waals surface area (Å²) in [4.78, 5) is 12.9. The minimum atomic E-state index is 0.131. The molecule has 1 heterocycles. The van der Waals surface area contributed by atoms with Crippen LogP contribution in [0.1, 0.15) is 38.5 Å². The maximum absolute atomic E-state index is 12.9. The second-order valence-corrected chi connectivity index (χ2v) is 8.62. The van der Waals surface area contributed by atoms with Gasteiger partial charge in [-0.25, -0.2) is 0 Å². The number of anilines is 1.